The number of nitrogens with zero attached hydrogens (tertiary/aromatic N) is 1. The molecule has 64 valence electrons. The first-order valence-corrected chi connectivity index (χ1v) is 5.27. The molecule has 0 aromatic carbocycles. The van der Waals surface area contributed by atoms with Crippen LogP contribution in [0.1, 0.15) is 26.2 Å². The molecule has 0 aromatic heterocycles. The van der Waals surface area contributed by atoms with Gasteiger partial charge in [0.25, 0.3) is 0 Å². The Bertz CT molecular complexity index is 145. The SMILES string of the molecule is CCC(=O)N(CCBr)C1CC1. The first-order valence-electron chi connectivity index (χ1n) is 4.15. The van der Waals surface area contributed by atoms with Crippen LogP contribution in [-0.4, -0.2) is 28.7 Å². The van der Waals surface area contributed by atoms with Gasteiger partial charge in [-0.15, -0.1) is 0 Å². The summed E-state index contributed by atoms with van der Waals surface area (Å²) in [4.78, 5) is 13.3. The van der Waals surface area contributed by atoms with E-state index >= 15 is 0 Å². The van der Waals surface area contributed by atoms with Gasteiger partial charge in [-0.2, -0.15) is 0 Å². The lowest BCUT2D eigenvalue weighted by Gasteiger charge is -2.20. The lowest BCUT2D eigenvalue weighted by molar-refractivity contribution is -0.131. The number of amides is 1. The number of halogens is 1. The maximum absolute atomic E-state index is 11.3. The molecule has 1 fully saturated rings. The molecule has 3 heteroatoms. The van der Waals surface area contributed by atoms with Crippen LogP contribution >= 0.6 is 15.9 Å². The van der Waals surface area contributed by atoms with Gasteiger partial charge in [-0.05, 0) is 12.8 Å². The summed E-state index contributed by atoms with van der Waals surface area (Å²) in [6.45, 7) is 2.79. The quantitative estimate of drug-likeness (QED) is 0.661. The maximum Gasteiger partial charge on any atom is 0.222 e. The Morgan fingerprint density at radius 3 is 2.64 bits per heavy atom. The second-order valence-corrected chi connectivity index (χ2v) is 3.65. The average Bonchev–Trinajstić information content (AvgIpc) is 2.81. The van der Waals surface area contributed by atoms with Crippen molar-refractivity contribution in [3.8, 4) is 0 Å². The van der Waals surface area contributed by atoms with Gasteiger partial charge in [0.15, 0.2) is 0 Å². The van der Waals surface area contributed by atoms with Crippen LogP contribution in [0.15, 0.2) is 0 Å². The van der Waals surface area contributed by atoms with E-state index in [4.69, 9.17) is 0 Å². The Kier molecular flexibility index (Phi) is 3.37. The summed E-state index contributed by atoms with van der Waals surface area (Å²) in [7, 11) is 0. The van der Waals surface area contributed by atoms with Gasteiger partial charge in [-0.25, -0.2) is 0 Å². The normalized spacial score (nSPS) is 16.5. The van der Waals surface area contributed by atoms with Crippen molar-refractivity contribution >= 4 is 21.8 Å². The summed E-state index contributed by atoms with van der Waals surface area (Å²) in [5.41, 5.74) is 0. The predicted octanol–water partition coefficient (Wildman–Crippen LogP) is 1.78. The van der Waals surface area contributed by atoms with Crippen molar-refractivity contribution in [3.05, 3.63) is 0 Å². The van der Waals surface area contributed by atoms with Gasteiger partial charge >= 0.3 is 0 Å². The van der Waals surface area contributed by atoms with E-state index < -0.39 is 0 Å². The summed E-state index contributed by atoms with van der Waals surface area (Å²) in [5.74, 6) is 0.298. The second-order valence-electron chi connectivity index (χ2n) is 2.86. The topological polar surface area (TPSA) is 20.3 Å². The Labute approximate surface area is 76.1 Å². The highest BCUT2D eigenvalue weighted by Gasteiger charge is 2.30. The molecule has 1 saturated carbocycles. The van der Waals surface area contributed by atoms with Crippen LogP contribution in [0, 0.1) is 0 Å². The van der Waals surface area contributed by atoms with E-state index in [1.807, 2.05) is 11.8 Å². The van der Waals surface area contributed by atoms with E-state index in [1.54, 1.807) is 0 Å². The highest BCUT2D eigenvalue weighted by molar-refractivity contribution is 9.09. The summed E-state index contributed by atoms with van der Waals surface area (Å²) < 4.78 is 0. The van der Waals surface area contributed by atoms with Gasteiger partial charge in [0.2, 0.25) is 5.91 Å². The van der Waals surface area contributed by atoms with Gasteiger partial charge in [-0.3, -0.25) is 4.79 Å². The summed E-state index contributed by atoms with van der Waals surface area (Å²) in [6, 6.07) is 0.569. The molecule has 0 saturated heterocycles. The minimum absolute atomic E-state index is 0.298. The van der Waals surface area contributed by atoms with Crippen molar-refractivity contribution in [1.29, 1.82) is 0 Å². The highest BCUT2D eigenvalue weighted by atomic mass is 79.9. The highest BCUT2D eigenvalue weighted by Crippen LogP contribution is 2.27. The fourth-order valence-electron chi connectivity index (χ4n) is 1.19. The molecule has 0 aliphatic heterocycles. The predicted molar refractivity (Wildman–Crippen MR) is 48.8 cm³/mol. The molecule has 0 aromatic rings. The van der Waals surface area contributed by atoms with E-state index in [-0.39, 0.29) is 0 Å². The van der Waals surface area contributed by atoms with Crippen LogP contribution in [0.4, 0.5) is 0 Å². The van der Waals surface area contributed by atoms with E-state index in [0.717, 1.165) is 11.9 Å². The molecule has 0 radical (unpaired) electrons. The standard InChI is InChI=1S/C8H14BrNO/c1-2-8(11)10(6-5-9)7-3-4-7/h7H,2-6H2,1H3. The number of carbonyl (C=O) groups is 1. The first kappa shape index (κ1) is 9.04. The lowest BCUT2D eigenvalue weighted by Crippen LogP contribution is -2.33. The van der Waals surface area contributed by atoms with Crippen molar-refractivity contribution in [2.75, 3.05) is 11.9 Å². The maximum atomic E-state index is 11.3. The molecular weight excluding hydrogens is 206 g/mol. The molecule has 0 heterocycles. The fourth-order valence-corrected chi connectivity index (χ4v) is 1.57. The second kappa shape index (κ2) is 4.10. The zero-order valence-electron chi connectivity index (χ0n) is 6.85. The minimum Gasteiger partial charge on any atom is -0.339 e. The van der Waals surface area contributed by atoms with Crippen LogP contribution in [0.25, 0.3) is 0 Å². The number of rotatable bonds is 4. The molecule has 0 atom stereocenters. The van der Waals surface area contributed by atoms with Crippen molar-refractivity contribution in [3.63, 3.8) is 0 Å². The number of hydrogen-bond donors (Lipinski definition) is 0. The summed E-state index contributed by atoms with van der Waals surface area (Å²) in [6.07, 6.45) is 3.06. The summed E-state index contributed by atoms with van der Waals surface area (Å²) in [5, 5.41) is 0.898. The summed E-state index contributed by atoms with van der Waals surface area (Å²) >= 11 is 3.35. The van der Waals surface area contributed by atoms with Crippen LogP contribution in [0.3, 0.4) is 0 Å². The van der Waals surface area contributed by atoms with Crippen molar-refractivity contribution < 1.29 is 4.79 Å². The van der Waals surface area contributed by atoms with Crippen LogP contribution in [0.2, 0.25) is 0 Å². The largest absolute Gasteiger partial charge is 0.339 e. The zero-order chi connectivity index (χ0) is 8.27. The molecule has 1 aliphatic rings. The van der Waals surface area contributed by atoms with E-state index in [2.05, 4.69) is 15.9 Å². The van der Waals surface area contributed by atoms with Crippen molar-refractivity contribution in [2.24, 2.45) is 0 Å². The molecule has 1 amide bonds. The Morgan fingerprint density at radius 2 is 2.27 bits per heavy atom. The van der Waals surface area contributed by atoms with Crippen LogP contribution in [0.5, 0.6) is 0 Å². The third-order valence-corrected chi connectivity index (χ3v) is 2.29. The van der Waals surface area contributed by atoms with Gasteiger partial charge < -0.3 is 4.90 Å². The smallest absolute Gasteiger partial charge is 0.222 e. The van der Waals surface area contributed by atoms with Crippen LogP contribution in [-0.2, 0) is 4.79 Å². The fraction of sp³-hybridized carbons (Fsp3) is 0.875. The molecular formula is C8H14BrNO. The minimum atomic E-state index is 0.298. The molecule has 0 unspecified atom stereocenters. The first-order chi connectivity index (χ1) is 5.29. The van der Waals surface area contributed by atoms with Crippen molar-refractivity contribution in [2.45, 2.75) is 32.2 Å². The zero-order valence-corrected chi connectivity index (χ0v) is 8.43. The molecule has 1 rings (SSSR count). The molecule has 0 spiro atoms. The third-order valence-electron chi connectivity index (χ3n) is 1.94. The Morgan fingerprint density at radius 1 is 1.64 bits per heavy atom. The molecule has 1 aliphatic carbocycles. The van der Waals surface area contributed by atoms with Crippen LogP contribution < -0.4 is 0 Å². The van der Waals surface area contributed by atoms with Gasteiger partial charge in [0.1, 0.15) is 0 Å². The van der Waals surface area contributed by atoms with E-state index in [9.17, 15) is 4.79 Å². The molecule has 11 heavy (non-hydrogen) atoms. The van der Waals surface area contributed by atoms with Gasteiger partial charge in [0.05, 0.1) is 0 Å². The molecule has 0 N–H and O–H groups in total. The number of alkyl halides is 1. The van der Waals surface area contributed by atoms with E-state index in [0.29, 0.717) is 18.4 Å². The number of carbonyl (C=O) groups excluding carboxylic acids is 1. The monoisotopic (exact) mass is 219 g/mol. The molecule has 0 bridgehead atoms. The lowest BCUT2D eigenvalue weighted by atomic mass is 10.4. The average molecular weight is 220 g/mol. The number of hydrogen-bond acceptors (Lipinski definition) is 1. The van der Waals surface area contributed by atoms with Gasteiger partial charge in [-0.1, -0.05) is 22.9 Å². The Hall–Kier alpha value is -0.0500. The third kappa shape index (κ3) is 2.47. The van der Waals surface area contributed by atoms with Crippen molar-refractivity contribution in [1.82, 2.24) is 4.90 Å². The Balaban J connectivity index is 2.37. The van der Waals surface area contributed by atoms with Gasteiger partial charge in [0, 0.05) is 24.3 Å². The molecule has 2 nitrogen and oxygen atoms in total. The van der Waals surface area contributed by atoms with E-state index in [1.165, 1.54) is 12.8 Å².